The van der Waals surface area contributed by atoms with Crippen LogP contribution >= 0.6 is 15.9 Å². The molecule has 2 N–H and O–H groups in total. The minimum Gasteiger partial charge on any atom is -0.389 e. The molecule has 102 valence electrons. The summed E-state index contributed by atoms with van der Waals surface area (Å²) in [6.45, 7) is 3.20. The van der Waals surface area contributed by atoms with E-state index in [2.05, 4.69) is 21.2 Å². The summed E-state index contributed by atoms with van der Waals surface area (Å²) in [6.07, 6.45) is -0.543. The van der Waals surface area contributed by atoms with Crippen molar-refractivity contribution in [3.8, 4) is 0 Å². The number of ether oxygens (including phenoxy) is 2. The van der Waals surface area contributed by atoms with E-state index in [1.54, 1.807) is 7.11 Å². The molecule has 0 spiro atoms. The number of nitrogens with one attached hydrogen (secondary N) is 1. The van der Waals surface area contributed by atoms with E-state index in [1.807, 2.05) is 31.2 Å². The molecule has 2 atom stereocenters. The van der Waals surface area contributed by atoms with Crippen LogP contribution in [0.25, 0.3) is 0 Å². The maximum Gasteiger partial charge on any atom is 0.0945 e. The van der Waals surface area contributed by atoms with Crippen LogP contribution in [-0.4, -0.2) is 44.2 Å². The molecule has 1 aromatic rings. The fraction of sp³-hybridized carbons (Fsp3) is 0.538. The van der Waals surface area contributed by atoms with Crippen molar-refractivity contribution in [2.45, 2.75) is 19.1 Å². The van der Waals surface area contributed by atoms with Gasteiger partial charge in [0.05, 0.1) is 25.4 Å². The summed E-state index contributed by atoms with van der Waals surface area (Å²) in [5.74, 6) is 0. The summed E-state index contributed by atoms with van der Waals surface area (Å²) in [4.78, 5) is 0. The van der Waals surface area contributed by atoms with Crippen LogP contribution in [-0.2, 0) is 9.47 Å². The quantitative estimate of drug-likeness (QED) is 0.772. The lowest BCUT2D eigenvalue weighted by Crippen LogP contribution is -2.28. The molecule has 5 heteroatoms. The van der Waals surface area contributed by atoms with Crippen molar-refractivity contribution in [3.05, 3.63) is 28.7 Å². The van der Waals surface area contributed by atoms with E-state index in [0.717, 1.165) is 10.2 Å². The summed E-state index contributed by atoms with van der Waals surface area (Å²) in [5.41, 5.74) is 0.966. The van der Waals surface area contributed by atoms with Crippen LogP contribution in [0.4, 0.5) is 5.69 Å². The molecule has 0 radical (unpaired) electrons. The van der Waals surface area contributed by atoms with E-state index in [9.17, 15) is 5.11 Å². The second-order valence-corrected chi connectivity index (χ2v) is 5.06. The number of benzene rings is 1. The van der Waals surface area contributed by atoms with Gasteiger partial charge < -0.3 is 19.9 Å². The molecular formula is C13H20BrNO3. The molecule has 0 aromatic heterocycles. The van der Waals surface area contributed by atoms with Crippen LogP contribution in [0.15, 0.2) is 28.7 Å². The fourth-order valence-corrected chi connectivity index (χ4v) is 1.85. The van der Waals surface area contributed by atoms with Gasteiger partial charge in [-0.15, -0.1) is 0 Å². The first-order valence-electron chi connectivity index (χ1n) is 5.90. The molecule has 18 heavy (non-hydrogen) atoms. The predicted molar refractivity (Wildman–Crippen MR) is 75.9 cm³/mol. The van der Waals surface area contributed by atoms with Gasteiger partial charge in [-0.2, -0.15) is 0 Å². The molecule has 0 aliphatic heterocycles. The molecule has 1 rings (SSSR count). The Balaban J connectivity index is 2.22. The second kappa shape index (κ2) is 8.48. The zero-order chi connectivity index (χ0) is 13.4. The van der Waals surface area contributed by atoms with Crippen molar-refractivity contribution >= 4 is 21.6 Å². The van der Waals surface area contributed by atoms with E-state index in [4.69, 9.17) is 9.47 Å². The van der Waals surface area contributed by atoms with E-state index < -0.39 is 6.10 Å². The first-order chi connectivity index (χ1) is 8.61. The zero-order valence-corrected chi connectivity index (χ0v) is 12.3. The molecule has 0 saturated carbocycles. The summed E-state index contributed by atoms with van der Waals surface area (Å²) in [6, 6.07) is 7.81. The van der Waals surface area contributed by atoms with Crippen LogP contribution < -0.4 is 5.32 Å². The van der Waals surface area contributed by atoms with Crippen molar-refractivity contribution in [1.82, 2.24) is 0 Å². The molecule has 4 nitrogen and oxygen atoms in total. The number of aliphatic hydroxyl groups excluding tert-OH is 1. The highest BCUT2D eigenvalue weighted by molar-refractivity contribution is 9.10. The third kappa shape index (κ3) is 6.35. The van der Waals surface area contributed by atoms with Gasteiger partial charge in [-0.3, -0.25) is 0 Å². The Morgan fingerprint density at radius 3 is 2.83 bits per heavy atom. The van der Waals surface area contributed by atoms with Gasteiger partial charge in [0, 0.05) is 23.8 Å². The lowest BCUT2D eigenvalue weighted by molar-refractivity contribution is -0.0282. The van der Waals surface area contributed by atoms with Gasteiger partial charge in [-0.25, -0.2) is 0 Å². The standard InChI is InChI=1S/C13H20BrNO3/c1-10(8-17-2)18-9-13(16)7-15-12-5-3-4-11(14)6-12/h3-6,10,13,15-16H,7-9H2,1-2H3. The third-order valence-electron chi connectivity index (χ3n) is 2.34. The SMILES string of the molecule is COCC(C)OCC(O)CNc1cccc(Br)c1. The molecule has 0 heterocycles. The smallest absolute Gasteiger partial charge is 0.0945 e. The lowest BCUT2D eigenvalue weighted by Gasteiger charge is -2.16. The Bertz CT molecular complexity index is 349. The lowest BCUT2D eigenvalue weighted by atomic mass is 10.3. The van der Waals surface area contributed by atoms with Crippen molar-refractivity contribution in [2.75, 3.05) is 32.2 Å². The Kier molecular flexibility index (Phi) is 7.27. The van der Waals surface area contributed by atoms with Crippen LogP contribution in [0, 0.1) is 0 Å². The summed E-state index contributed by atoms with van der Waals surface area (Å²) >= 11 is 3.40. The number of anilines is 1. The fourth-order valence-electron chi connectivity index (χ4n) is 1.45. The molecule has 1 aromatic carbocycles. The molecule has 0 saturated heterocycles. The number of hydrogen-bond donors (Lipinski definition) is 2. The second-order valence-electron chi connectivity index (χ2n) is 4.14. The van der Waals surface area contributed by atoms with Gasteiger partial charge in [0.1, 0.15) is 0 Å². The Morgan fingerprint density at radius 2 is 2.17 bits per heavy atom. The van der Waals surface area contributed by atoms with Gasteiger partial charge in [0.2, 0.25) is 0 Å². The predicted octanol–water partition coefficient (Wildman–Crippen LogP) is 2.27. The van der Waals surface area contributed by atoms with Crippen LogP contribution in [0.1, 0.15) is 6.92 Å². The number of rotatable bonds is 8. The van der Waals surface area contributed by atoms with E-state index >= 15 is 0 Å². The third-order valence-corrected chi connectivity index (χ3v) is 2.83. The normalized spacial score (nSPS) is 14.2. The highest BCUT2D eigenvalue weighted by atomic mass is 79.9. The maximum absolute atomic E-state index is 9.76. The van der Waals surface area contributed by atoms with E-state index in [-0.39, 0.29) is 6.10 Å². The number of halogens is 1. The Hall–Kier alpha value is -0.620. The molecular weight excluding hydrogens is 298 g/mol. The van der Waals surface area contributed by atoms with Gasteiger partial charge in [0.25, 0.3) is 0 Å². The van der Waals surface area contributed by atoms with Gasteiger partial charge in [-0.1, -0.05) is 22.0 Å². The van der Waals surface area contributed by atoms with E-state index in [0.29, 0.717) is 19.8 Å². The van der Waals surface area contributed by atoms with E-state index in [1.165, 1.54) is 0 Å². The van der Waals surface area contributed by atoms with Crippen molar-refractivity contribution < 1.29 is 14.6 Å². The average Bonchev–Trinajstić information content (AvgIpc) is 2.34. The topological polar surface area (TPSA) is 50.7 Å². The zero-order valence-electron chi connectivity index (χ0n) is 10.7. The largest absolute Gasteiger partial charge is 0.389 e. The van der Waals surface area contributed by atoms with Crippen molar-refractivity contribution in [2.24, 2.45) is 0 Å². The average molecular weight is 318 g/mol. The number of hydrogen-bond acceptors (Lipinski definition) is 4. The highest BCUT2D eigenvalue weighted by Crippen LogP contribution is 2.15. The van der Waals surface area contributed by atoms with Crippen LogP contribution in [0.3, 0.4) is 0 Å². The Labute approximate surface area is 116 Å². The van der Waals surface area contributed by atoms with Crippen molar-refractivity contribution in [3.63, 3.8) is 0 Å². The molecule has 0 fully saturated rings. The molecule has 0 aliphatic carbocycles. The molecule has 0 amide bonds. The minimum absolute atomic E-state index is 0.00415. The molecule has 0 bridgehead atoms. The minimum atomic E-state index is -0.539. The number of methoxy groups -OCH3 is 1. The first kappa shape index (κ1) is 15.4. The molecule has 0 aliphatic rings. The summed E-state index contributed by atoms with van der Waals surface area (Å²) in [7, 11) is 1.63. The van der Waals surface area contributed by atoms with Crippen molar-refractivity contribution in [1.29, 1.82) is 0 Å². The summed E-state index contributed by atoms with van der Waals surface area (Å²) < 4.78 is 11.4. The Morgan fingerprint density at radius 1 is 1.39 bits per heavy atom. The van der Waals surface area contributed by atoms with Crippen LogP contribution in [0.5, 0.6) is 0 Å². The number of aliphatic hydroxyl groups is 1. The van der Waals surface area contributed by atoms with Crippen LogP contribution in [0.2, 0.25) is 0 Å². The summed E-state index contributed by atoms with van der Waals surface area (Å²) in [5, 5.41) is 12.9. The maximum atomic E-state index is 9.76. The van der Waals surface area contributed by atoms with Gasteiger partial charge >= 0.3 is 0 Å². The first-order valence-corrected chi connectivity index (χ1v) is 6.69. The molecule has 2 unspecified atom stereocenters. The monoisotopic (exact) mass is 317 g/mol. The van der Waals surface area contributed by atoms with Gasteiger partial charge in [0.15, 0.2) is 0 Å². The highest BCUT2D eigenvalue weighted by Gasteiger charge is 2.07. The van der Waals surface area contributed by atoms with Gasteiger partial charge in [-0.05, 0) is 25.1 Å².